The van der Waals surface area contributed by atoms with E-state index in [-0.39, 0.29) is 11.3 Å². The van der Waals surface area contributed by atoms with E-state index in [9.17, 15) is 9.18 Å². The topological polar surface area (TPSA) is 49.8 Å². The van der Waals surface area contributed by atoms with E-state index in [0.29, 0.717) is 26.3 Å². The van der Waals surface area contributed by atoms with Crippen LogP contribution in [0.15, 0.2) is 18.2 Å². The van der Waals surface area contributed by atoms with Gasteiger partial charge >= 0.3 is 0 Å². The van der Waals surface area contributed by atoms with Crippen molar-refractivity contribution in [1.82, 2.24) is 4.90 Å². The van der Waals surface area contributed by atoms with Crippen LogP contribution >= 0.6 is 0 Å². The van der Waals surface area contributed by atoms with Crippen molar-refractivity contribution in [3.63, 3.8) is 0 Å². The van der Waals surface area contributed by atoms with E-state index in [1.807, 2.05) is 13.8 Å². The van der Waals surface area contributed by atoms with Gasteiger partial charge in [0.25, 0.3) is 5.91 Å². The summed E-state index contributed by atoms with van der Waals surface area (Å²) in [4.78, 5) is 13.6. The highest BCUT2D eigenvalue weighted by atomic mass is 19.1. The van der Waals surface area contributed by atoms with E-state index in [2.05, 4.69) is 0 Å². The van der Waals surface area contributed by atoms with Crippen LogP contribution in [0.3, 0.4) is 0 Å². The summed E-state index contributed by atoms with van der Waals surface area (Å²) in [6.45, 7) is 5.60. The first-order valence-electron chi connectivity index (χ1n) is 5.95. The molecule has 5 heteroatoms. The predicted molar refractivity (Wildman–Crippen MR) is 66.1 cm³/mol. The van der Waals surface area contributed by atoms with E-state index in [0.717, 1.165) is 6.07 Å². The minimum atomic E-state index is -0.713. The van der Waals surface area contributed by atoms with Crippen molar-refractivity contribution in [1.29, 1.82) is 0 Å². The Morgan fingerprint density at radius 3 is 2.72 bits per heavy atom. The number of phenolic OH excluding ortho intramolecular Hbond substituents is 1. The molecule has 0 saturated carbocycles. The molecule has 0 unspecified atom stereocenters. The summed E-state index contributed by atoms with van der Waals surface area (Å²) in [7, 11) is 0. The predicted octanol–water partition coefficient (Wildman–Crippen LogP) is 2.03. The average molecular weight is 255 g/mol. The third kappa shape index (κ3) is 3.70. The molecule has 0 aliphatic carbocycles. The largest absolute Gasteiger partial charge is 0.508 e. The number of likely N-dealkylation sites (N-methyl/N-ethyl adjacent to an activating group) is 1. The van der Waals surface area contributed by atoms with Crippen LogP contribution < -0.4 is 0 Å². The Bertz CT molecular complexity index is 409. The molecule has 0 bridgehead atoms. The van der Waals surface area contributed by atoms with Crippen molar-refractivity contribution < 1.29 is 19.0 Å². The molecule has 0 aliphatic rings. The SMILES string of the molecule is CCOCCN(CC)C(=O)c1ccc(O)cc1F. The molecule has 1 aromatic rings. The van der Waals surface area contributed by atoms with Crippen LogP contribution in [0, 0.1) is 5.82 Å². The fraction of sp³-hybridized carbons (Fsp3) is 0.462. The first-order valence-corrected chi connectivity index (χ1v) is 5.95. The van der Waals surface area contributed by atoms with Gasteiger partial charge in [-0.05, 0) is 26.0 Å². The van der Waals surface area contributed by atoms with Crippen LogP contribution in [0.2, 0.25) is 0 Å². The van der Waals surface area contributed by atoms with Crippen molar-refractivity contribution in [2.75, 3.05) is 26.3 Å². The van der Waals surface area contributed by atoms with Gasteiger partial charge in [0.2, 0.25) is 0 Å². The number of rotatable bonds is 6. The van der Waals surface area contributed by atoms with E-state index in [4.69, 9.17) is 9.84 Å². The van der Waals surface area contributed by atoms with Crippen LogP contribution in [0.1, 0.15) is 24.2 Å². The molecule has 0 heterocycles. The fourth-order valence-corrected chi connectivity index (χ4v) is 1.57. The van der Waals surface area contributed by atoms with Gasteiger partial charge in [-0.15, -0.1) is 0 Å². The smallest absolute Gasteiger partial charge is 0.256 e. The molecule has 0 saturated heterocycles. The molecule has 0 radical (unpaired) electrons. The number of aromatic hydroxyl groups is 1. The highest BCUT2D eigenvalue weighted by Crippen LogP contribution is 2.16. The molecule has 0 fully saturated rings. The zero-order valence-corrected chi connectivity index (χ0v) is 10.6. The van der Waals surface area contributed by atoms with Crippen molar-refractivity contribution in [3.05, 3.63) is 29.6 Å². The first kappa shape index (κ1) is 14.4. The molecule has 0 atom stereocenters. The molecule has 100 valence electrons. The lowest BCUT2D eigenvalue weighted by molar-refractivity contribution is 0.0665. The third-order valence-electron chi connectivity index (χ3n) is 2.56. The summed E-state index contributed by atoms with van der Waals surface area (Å²) in [6, 6.07) is 3.52. The molecular formula is C13H18FNO3. The first-order chi connectivity index (χ1) is 8.60. The van der Waals surface area contributed by atoms with Gasteiger partial charge < -0.3 is 14.7 Å². The highest BCUT2D eigenvalue weighted by Gasteiger charge is 2.18. The van der Waals surface area contributed by atoms with Crippen LogP contribution in [0.4, 0.5) is 4.39 Å². The molecule has 0 spiro atoms. The summed E-state index contributed by atoms with van der Waals surface area (Å²) in [5.74, 6) is -1.30. The van der Waals surface area contributed by atoms with Gasteiger partial charge in [-0.1, -0.05) is 0 Å². The standard InChI is InChI=1S/C13H18FNO3/c1-3-15(7-8-18-4-2)13(17)11-6-5-10(16)9-12(11)14/h5-6,9,16H,3-4,7-8H2,1-2H3. The molecule has 18 heavy (non-hydrogen) atoms. The summed E-state index contributed by atoms with van der Waals surface area (Å²) >= 11 is 0. The molecule has 1 aromatic carbocycles. The lowest BCUT2D eigenvalue weighted by Gasteiger charge is -2.21. The molecule has 1 N–H and O–H groups in total. The second-order valence-electron chi connectivity index (χ2n) is 3.75. The summed E-state index contributed by atoms with van der Waals surface area (Å²) < 4.78 is 18.7. The van der Waals surface area contributed by atoms with Crippen molar-refractivity contribution in [2.24, 2.45) is 0 Å². The van der Waals surface area contributed by atoms with Crippen LogP contribution in [-0.4, -0.2) is 42.2 Å². The Balaban J connectivity index is 2.76. The quantitative estimate of drug-likeness (QED) is 0.791. The molecule has 1 amide bonds. The minimum absolute atomic E-state index is 0.0360. The second kappa shape index (κ2) is 6.96. The van der Waals surface area contributed by atoms with Crippen LogP contribution in [0.5, 0.6) is 5.75 Å². The number of hydrogen-bond donors (Lipinski definition) is 1. The Morgan fingerprint density at radius 2 is 2.17 bits per heavy atom. The monoisotopic (exact) mass is 255 g/mol. The fourth-order valence-electron chi connectivity index (χ4n) is 1.57. The highest BCUT2D eigenvalue weighted by molar-refractivity contribution is 5.94. The zero-order chi connectivity index (χ0) is 13.5. The molecule has 0 aromatic heterocycles. The Labute approximate surface area is 106 Å². The van der Waals surface area contributed by atoms with Gasteiger partial charge in [0, 0.05) is 25.8 Å². The van der Waals surface area contributed by atoms with Crippen molar-refractivity contribution >= 4 is 5.91 Å². The van der Waals surface area contributed by atoms with E-state index in [1.165, 1.54) is 17.0 Å². The number of amides is 1. The Hall–Kier alpha value is -1.62. The maximum atomic E-state index is 13.5. The van der Waals surface area contributed by atoms with Crippen molar-refractivity contribution in [2.45, 2.75) is 13.8 Å². The van der Waals surface area contributed by atoms with E-state index >= 15 is 0 Å². The maximum Gasteiger partial charge on any atom is 0.256 e. The number of nitrogens with zero attached hydrogens (tertiary/aromatic N) is 1. The number of carbonyl (C=O) groups is 1. The number of hydrogen-bond acceptors (Lipinski definition) is 3. The van der Waals surface area contributed by atoms with Gasteiger partial charge in [-0.25, -0.2) is 4.39 Å². The zero-order valence-electron chi connectivity index (χ0n) is 10.6. The molecule has 0 aliphatic heterocycles. The Kier molecular flexibility index (Phi) is 5.58. The van der Waals surface area contributed by atoms with Gasteiger partial charge in [0.1, 0.15) is 11.6 Å². The maximum absolute atomic E-state index is 13.5. The molecule has 1 rings (SSSR count). The number of benzene rings is 1. The van der Waals surface area contributed by atoms with Crippen LogP contribution in [0.25, 0.3) is 0 Å². The summed E-state index contributed by atoms with van der Waals surface area (Å²) in [5.41, 5.74) is -0.0360. The summed E-state index contributed by atoms with van der Waals surface area (Å²) in [6.07, 6.45) is 0. The van der Waals surface area contributed by atoms with Gasteiger partial charge in [0.15, 0.2) is 0 Å². The molecule has 4 nitrogen and oxygen atoms in total. The van der Waals surface area contributed by atoms with Gasteiger partial charge in [0.05, 0.1) is 12.2 Å². The van der Waals surface area contributed by atoms with Gasteiger partial charge in [-0.2, -0.15) is 0 Å². The number of ether oxygens (including phenoxy) is 1. The number of halogens is 1. The average Bonchev–Trinajstić information content (AvgIpc) is 2.34. The van der Waals surface area contributed by atoms with Crippen LogP contribution in [-0.2, 0) is 4.74 Å². The lowest BCUT2D eigenvalue weighted by Crippen LogP contribution is -2.34. The van der Waals surface area contributed by atoms with E-state index < -0.39 is 11.7 Å². The second-order valence-corrected chi connectivity index (χ2v) is 3.75. The minimum Gasteiger partial charge on any atom is -0.508 e. The normalized spacial score (nSPS) is 10.4. The third-order valence-corrected chi connectivity index (χ3v) is 2.56. The summed E-state index contributed by atoms with van der Waals surface area (Å²) in [5, 5.41) is 9.10. The van der Waals surface area contributed by atoms with Gasteiger partial charge in [-0.3, -0.25) is 4.79 Å². The number of carbonyl (C=O) groups excluding carboxylic acids is 1. The molecular weight excluding hydrogens is 237 g/mol. The Morgan fingerprint density at radius 1 is 1.44 bits per heavy atom. The number of phenols is 1. The van der Waals surface area contributed by atoms with Crippen molar-refractivity contribution in [3.8, 4) is 5.75 Å². The lowest BCUT2D eigenvalue weighted by atomic mass is 10.1. The van der Waals surface area contributed by atoms with E-state index in [1.54, 1.807) is 0 Å².